The smallest absolute Gasteiger partial charge is 0.238 e. The van der Waals surface area contributed by atoms with E-state index in [0.717, 1.165) is 33.7 Å². The first-order chi connectivity index (χ1) is 15.3. The maximum absolute atomic E-state index is 11.7. The van der Waals surface area contributed by atoms with Gasteiger partial charge in [-0.15, -0.1) is 11.3 Å². The van der Waals surface area contributed by atoms with Crippen LogP contribution in [-0.4, -0.2) is 27.9 Å². The van der Waals surface area contributed by atoms with Gasteiger partial charge in [-0.3, -0.25) is 0 Å². The number of nitrogen functional groups attached to an aromatic ring is 1. The molecule has 1 aliphatic rings. The SMILES string of the molecule is CCn1c(SCc2nc(N)c3c4c(sc3n2)CCCCC4)nc2cc(S(N)(=O)=O)ccc21. The van der Waals surface area contributed by atoms with Crippen LogP contribution in [0, 0.1) is 0 Å². The molecular weight excluding hydrogens is 464 g/mol. The van der Waals surface area contributed by atoms with Gasteiger partial charge in [0, 0.05) is 11.4 Å². The van der Waals surface area contributed by atoms with Crippen molar-refractivity contribution in [2.45, 2.75) is 61.4 Å². The minimum absolute atomic E-state index is 0.0568. The van der Waals surface area contributed by atoms with Gasteiger partial charge in [-0.25, -0.2) is 28.5 Å². The second kappa shape index (κ2) is 8.29. The Morgan fingerprint density at radius 1 is 1.16 bits per heavy atom. The highest BCUT2D eigenvalue weighted by Crippen LogP contribution is 2.37. The van der Waals surface area contributed by atoms with E-state index >= 15 is 0 Å². The van der Waals surface area contributed by atoms with Gasteiger partial charge in [0.1, 0.15) is 16.5 Å². The predicted octanol–water partition coefficient (Wildman–Crippen LogP) is 3.85. The van der Waals surface area contributed by atoms with Gasteiger partial charge in [0.2, 0.25) is 10.0 Å². The minimum Gasteiger partial charge on any atom is -0.383 e. The molecule has 32 heavy (non-hydrogen) atoms. The topological polar surface area (TPSA) is 130 Å². The summed E-state index contributed by atoms with van der Waals surface area (Å²) in [7, 11) is -3.78. The Bertz CT molecular complexity index is 1440. The Morgan fingerprint density at radius 3 is 2.75 bits per heavy atom. The van der Waals surface area contributed by atoms with E-state index < -0.39 is 10.0 Å². The summed E-state index contributed by atoms with van der Waals surface area (Å²) in [6, 6.07) is 4.77. The maximum Gasteiger partial charge on any atom is 0.238 e. The van der Waals surface area contributed by atoms with Crippen molar-refractivity contribution in [3.05, 3.63) is 34.5 Å². The average Bonchev–Trinajstić information content (AvgIpc) is 3.19. The van der Waals surface area contributed by atoms with Gasteiger partial charge in [-0.05, 0) is 56.4 Å². The van der Waals surface area contributed by atoms with Crippen LogP contribution < -0.4 is 10.9 Å². The summed E-state index contributed by atoms with van der Waals surface area (Å²) < 4.78 is 25.4. The van der Waals surface area contributed by atoms with Gasteiger partial charge in [0.05, 0.1) is 27.1 Å². The van der Waals surface area contributed by atoms with Crippen LogP contribution >= 0.6 is 23.1 Å². The molecule has 5 rings (SSSR count). The van der Waals surface area contributed by atoms with Crippen molar-refractivity contribution in [3.63, 3.8) is 0 Å². The number of nitrogens with two attached hydrogens (primary N) is 2. The molecule has 1 aliphatic carbocycles. The number of aryl methyl sites for hydroxylation is 3. The first kappa shape index (κ1) is 21.6. The van der Waals surface area contributed by atoms with Crippen molar-refractivity contribution in [1.82, 2.24) is 19.5 Å². The molecule has 1 aromatic carbocycles. The number of benzene rings is 1. The maximum atomic E-state index is 11.7. The Balaban J connectivity index is 1.46. The molecule has 0 saturated carbocycles. The Labute approximate surface area is 194 Å². The standard InChI is InChI=1S/C21H24N6O2S3/c1-2-27-15-9-8-12(32(23,28)29)10-14(15)24-21(27)30-11-17-25-19(22)18-13-6-4-3-5-7-16(13)31-20(18)26-17/h8-10H,2-7,11H2,1H3,(H2,22,25,26)(H2,23,28,29). The fraction of sp³-hybridized carbons (Fsp3) is 0.381. The van der Waals surface area contributed by atoms with E-state index in [-0.39, 0.29) is 4.90 Å². The Kier molecular flexibility index (Phi) is 5.60. The molecule has 0 atom stereocenters. The molecule has 0 aliphatic heterocycles. The van der Waals surface area contributed by atoms with Gasteiger partial charge < -0.3 is 10.3 Å². The molecule has 0 bridgehead atoms. The van der Waals surface area contributed by atoms with Crippen LogP contribution in [0.1, 0.15) is 42.5 Å². The fourth-order valence-corrected chi connectivity index (χ4v) is 7.04. The number of thiophene rings is 1. The van der Waals surface area contributed by atoms with Gasteiger partial charge in [0.15, 0.2) is 5.16 Å². The highest BCUT2D eigenvalue weighted by Gasteiger charge is 2.20. The minimum atomic E-state index is -3.78. The lowest BCUT2D eigenvalue weighted by Gasteiger charge is -2.07. The molecule has 8 nitrogen and oxygen atoms in total. The van der Waals surface area contributed by atoms with E-state index in [0.29, 0.717) is 29.5 Å². The van der Waals surface area contributed by atoms with Crippen molar-refractivity contribution in [1.29, 1.82) is 0 Å². The quantitative estimate of drug-likeness (QED) is 0.322. The first-order valence-electron chi connectivity index (χ1n) is 10.6. The van der Waals surface area contributed by atoms with Crippen molar-refractivity contribution < 1.29 is 8.42 Å². The van der Waals surface area contributed by atoms with Crippen LogP contribution in [0.3, 0.4) is 0 Å². The number of sulfonamides is 1. The summed E-state index contributed by atoms with van der Waals surface area (Å²) in [6.45, 7) is 2.73. The largest absolute Gasteiger partial charge is 0.383 e. The summed E-state index contributed by atoms with van der Waals surface area (Å²) >= 11 is 3.26. The number of nitrogens with zero attached hydrogens (tertiary/aromatic N) is 4. The molecule has 3 heterocycles. The van der Waals surface area contributed by atoms with Crippen molar-refractivity contribution in [3.8, 4) is 0 Å². The Morgan fingerprint density at radius 2 is 1.97 bits per heavy atom. The molecule has 0 amide bonds. The summed E-state index contributed by atoms with van der Waals surface area (Å²) in [4.78, 5) is 16.5. The summed E-state index contributed by atoms with van der Waals surface area (Å²) in [5, 5.41) is 7.08. The highest BCUT2D eigenvalue weighted by molar-refractivity contribution is 7.98. The molecule has 0 fully saturated rings. The van der Waals surface area contributed by atoms with Gasteiger partial charge >= 0.3 is 0 Å². The number of imidazole rings is 1. The average molecular weight is 489 g/mol. The second-order valence-corrected chi connectivity index (χ2v) is 11.5. The molecule has 0 spiro atoms. The zero-order chi connectivity index (χ0) is 22.5. The van der Waals surface area contributed by atoms with Gasteiger partial charge in [-0.1, -0.05) is 18.2 Å². The van der Waals surface area contributed by atoms with Crippen molar-refractivity contribution in [2.24, 2.45) is 5.14 Å². The van der Waals surface area contributed by atoms with E-state index in [1.165, 1.54) is 53.6 Å². The molecular formula is C21H24N6O2S3. The number of hydrogen-bond donors (Lipinski definition) is 2. The van der Waals surface area contributed by atoms with E-state index in [1.54, 1.807) is 17.4 Å². The molecule has 4 aromatic rings. The summed E-state index contributed by atoms with van der Waals surface area (Å²) in [6.07, 6.45) is 5.82. The van der Waals surface area contributed by atoms with Crippen LogP contribution in [0.5, 0.6) is 0 Å². The number of primary sulfonamides is 1. The highest BCUT2D eigenvalue weighted by atomic mass is 32.2. The lowest BCUT2D eigenvalue weighted by molar-refractivity contribution is 0.598. The Hall–Kier alpha value is -2.21. The van der Waals surface area contributed by atoms with Crippen LogP contribution in [0.2, 0.25) is 0 Å². The molecule has 0 saturated heterocycles. The molecule has 0 unspecified atom stereocenters. The summed E-state index contributed by atoms with van der Waals surface area (Å²) in [5.41, 5.74) is 9.18. The van der Waals surface area contributed by atoms with E-state index in [4.69, 9.17) is 15.9 Å². The van der Waals surface area contributed by atoms with Crippen LogP contribution in [0.15, 0.2) is 28.3 Å². The van der Waals surface area contributed by atoms with E-state index in [9.17, 15) is 8.42 Å². The number of fused-ring (bicyclic) bond motifs is 4. The van der Waals surface area contributed by atoms with Crippen LogP contribution in [0.4, 0.5) is 5.82 Å². The molecule has 4 N–H and O–H groups in total. The van der Waals surface area contributed by atoms with Crippen molar-refractivity contribution in [2.75, 3.05) is 5.73 Å². The molecule has 0 radical (unpaired) electrons. The molecule has 11 heteroatoms. The number of rotatable bonds is 5. The third kappa shape index (κ3) is 3.87. The number of aromatic nitrogens is 4. The van der Waals surface area contributed by atoms with Crippen LogP contribution in [-0.2, 0) is 35.2 Å². The number of hydrogen-bond acceptors (Lipinski definition) is 8. The number of anilines is 1. The van der Waals surface area contributed by atoms with Gasteiger partial charge in [-0.2, -0.15) is 0 Å². The molecule has 168 valence electrons. The summed E-state index contributed by atoms with van der Waals surface area (Å²) in [5.74, 6) is 1.76. The second-order valence-electron chi connectivity index (χ2n) is 7.89. The zero-order valence-corrected chi connectivity index (χ0v) is 20.1. The third-order valence-electron chi connectivity index (χ3n) is 5.80. The predicted molar refractivity (Wildman–Crippen MR) is 129 cm³/mol. The zero-order valence-electron chi connectivity index (χ0n) is 17.7. The normalized spacial score (nSPS) is 14.7. The lowest BCUT2D eigenvalue weighted by atomic mass is 10.1. The third-order valence-corrected chi connectivity index (χ3v) is 8.87. The first-order valence-corrected chi connectivity index (χ1v) is 13.9. The lowest BCUT2D eigenvalue weighted by Crippen LogP contribution is -2.11. The fourth-order valence-electron chi connectivity index (χ4n) is 4.28. The van der Waals surface area contributed by atoms with E-state index in [2.05, 4.69) is 9.97 Å². The van der Waals surface area contributed by atoms with Gasteiger partial charge in [0.25, 0.3) is 0 Å². The monoisotopic (exact) mass is 488 g/mol. The van der Waals surface area contributed by atoms with Crippen LogP contribution in [0.25, 0.3) is 21.3 Å². The molecule has 3 aromatic heterocycles. The number of thioether (sulfide) groups is 1. The van der Waals surface area contributed by atoms with Crippen molar-refractivity contribution >= 4 is 60.2 Å². The van der Waals surface area contributed by atoms with E-state index in [1.807, 2.05) is 11.5 Å².